The molecule has 1 N–H and O–H groups in total. The maximum absolute atomic E-state index is 13.2. The van der Waals surface area contributed by atoms with Gasteiger partial charge < -0.3 is 10.1 Å². The number of esters is 1. The van der Waals surface area contributed by atoms with Crippen molar-refractivity contribution in [2.45, 2.75) is 26.3 Å². The number of nitrogens with zero attached hydrogens (tertiary/aromatic N) is 1. The molecule has 0 saturated heterocycles. The normalized spacial score (nSPS) is 9.89. The van der Waals surface area contributed by atoms with E-state index in [1.165, 1.54) is 18.3 Å². The van der Waals surface area contributed by atoms with E-state index < -0.39 is 11.8 Å². The van der Waals surface area contributed by atoms with Gasteiger partial charge in [0.25, 0.3) is 0 Å². The Hall–Kier alpha value is -1.98. The lowest BCUT2D eigenvalue weighted by atomic mass is 10.3. The summed E-state index contributed by atoms with van der Waals surface area (Å²) >= 11 is 0. The fourth-order valence-corrected chi connectivity index (χ4v) is 1.27. The van der Waals surface area contributed by atoms with Gasteiger partial charge in [-0.15, -0.1) is 0 Å². The van der Waals surface area contributed by atoms with Gasteiger partial charge in [-0.3, -0.25) is 14.6 Å². The minimum atomic E-state index is -0.469. The third-order valence-electron chi connectivity index (χ3n) is 2.15. The molecule has 1 aromatic heterocycles. The van der Waals surface area contributed by atoms with Crippen LogP contribution in [0.4, 0.5) is 4.39 Å². The number of hydrogen-bond acceptors (Lipinski definition) is 4. The van der Waals surface area contributed by atoms with Crippen LogP contribution in [0.1, 0.15) is 25.5 Å². The van der Waals surface area contributed by atoms with Gasteiger partial charge in [0.15, 0.2) is 0 Å². The number of rotatable bonds is 6. The SMILES string of the molecule is CCOC(=O)CCC(=O)NCc1ncccc1F. The summed E-state index contributed by atoms with van der Waals surface area (Å²) in [6.45, 7) is 2.00. The summed E-state index contributed by atoms with van der Waals surface area (Å²) in [6, 6.07) is 2.74. The highest BCUT2D eigenvalue weighted by Gasteiger charge is 2.08. The average molecular weight is 254 g/mol. The number of amides is 1. The summed E-state index contributed by atoms with van der Waals surface area (Å²) in [5, 5.41) is 2.49. The molecule has 1 heterocycles. The smallest absolute Gasteiger partial charge is 0.306 e. The number of nitrogens with one attached hydrogen (secondary N) is 1. The van der Waals surface area contributed by atoms with Crippen molar-refractivity contribution in [2.24, 2.45) is 0 Å². The lowest BCUT2D eigenvalue weighted by Crippen LogP contribution is -2.24. The first-order valence-corrected chi connectivity index (χ1v) is 5.65. The molecule has 0 bridgehead atoms. The van der Waals surface area contributed by atoms with E-state index in [2.05, 4.69) is 15.0 Å². The molecule has 0 atom stereocenters. The van der Waals surface area contributed by atoms with Gasteiger partial charge in [-0.2, -0.15) is 0 Å². The van der Waals surface area contributed by atoms with Crippen molar-refractivity contribution >= 4 is 11.9 Å². The van der Waals surface area contributed by atoms with Crippen molar-refractivity contribution in [1.82, 2.24) is 10.3 Å². The van der Waals surface area contributed by atoms with Crippen LogP contribution in [0.25, 0.3) is 0 Å². The first kappa shape index (κ1) is 14.1. The molecule has 0 fully saturated rings. The molecule has 0 radical (unpaired) electrons. The van der Waals surface area contributed by atoms with E-state index >= 15 is 0 Å². The zero-order chi connectivity index (χ0) is 13.4. The molecule has 5 nitrogen and oxygen atoms in total. The van der Waals surface area contributed by atoms with Gasteiger partial charge in [0.1, 0.15) is 5.82 Å². The van der Waals surface area contributed by atoms with Crippen molar-refractivity contribution in [3.63, 3.8) is 0 Å². The molecule has 6 heteroatoms. The van der Waals surface area contributed by atoms with E-state index in [0.717, 1.165) is 0 Å². The van der Waals surface area contributed by atoms with Crippen molar-refractivity contribution in [3.05, 3.63) is 29.8 Å². The number of carbonyl (C=O) groups is 2. The van der Waals surface area contributed by atoms with Crippen LogP contribution >= 0.6 is 0 Å². The first-order chi connectivity index (χ1) is 8.63. The molecule has 18 heavy (non-hydrogen) atoms. The van der Waals surface area contributed by atoms with Crippen LogP contribution < -0.4 is 5.32 Å². The molecule has 1 aromatic rings. The molecular weight excluding hydrogens is 239 g/mol. The summed E-state index contributed by atoms with van der Waals surface area (Å²) in [4.78, 5) is 26.2. The van der Waals surface area contributed by atoms with Crippen molar-refractivity contribution in [3.8, 4) is 0 Å². The van der Waals surface area contributed by atoms with E-state index in [0.29, 0.717) is 6.61 Å². The van der Waals surface area contributed by atoms with Crippen molar-refractivity contribution < 1.29 is 18.7 Å². The maximum Gasteiger partial charge on any atom is 0.306 e. The van der Waals surface area contributed by atoms with Crippen LogP contribution in [-0.2, 0) is 20.9 Å². The molecule has 0 spiro atoms. The topological polar surface area (TPSA) is 68.3 Å². The summed E-state index contributed by atoms with van der Waals surface area (Å²) in [7, 11) is 0. The van der Waals surface area contributed by atoms with Gasteiger partial charge >= 0.3 is 5.97 Å². The lowest BCUT2D eigenvalue weighted by molar-refractivity contribution is -0.144. The predicted octanol–water partition coefficient (Wildman–Crippen LogP) is 1.18. The Morgan fingerprint density at radius 3 is 2.89 bits per heavy atom. The monoisotopic (exact) mass is 254 g/mol. The molecule has 0 aliphatic carbocycles. The summed E-state index contributed by atoms with van der Waals surface area (Å²) in [5.74, 6) is -1.23. The minimum Gasteiger partial charge on any atom is -0.466 e. The second-order valence-electron chi connectivity index (χ2n) is 3.51. The van der Waals surface area contributed by atoms with Crippen LogP contribution in [0.2, 0.25) is 0 Å². The Kier molecular flexibility index (Phi) is 5.76. The molecule has 0 saturated carbocycles. The molecule has 0 aliphatic rings. The molecule has 1 rings (SSSR count). The fourth-order valence-electron chi connectivity index (χ4n) is 1.27. The Balaban J connectivity index is 2.29. The molecule has 0 aromatic carbocycles. The van der Waals surface area contributed by atoms with E-state index in [-0.39, 0.29) is 31.0 Å². The highest BCUT2D eigenvalue weighted by molar-refractivity contribution is 5.81. The van der Waals surface area contributed by atoms with Crippen molar-refractivity contribution in [2.75, 3.05) is 6.61 Å². The van der Waals surface area contributed by atoms with Gasteiger partial charge in [-0.05, 0) is 19.1 Å². The Labute approximate surface area is 104 Å². The average Bonchev–Trinajstić information content (AvgIpc) is 2.36. The highest BCUT2D eigenvalue weighted by atomic mass is 19.1. The molecule has 0 unspecified atom stereocenters. The number of halogens is 1. The Morgan fingerprint density at radius 2 is 2.22 bits per heavy atom. The number of hydrogen-bond donors (Lipinski definition) is 1. The second-order valence-corrected chi connectivity index (χ2v) is 3.51. The van der Waals surface area contributed by atoms with Crippen LogP contribution in [0.3, 0.4) is 0 Å². The van der Waals surface area contributed by atoms with Crippen LogP contribution in [0.5, 0.6) is 0 Å². The maximum atomic E-state index is 13.2. The zero-order valence-electron chi connectivity index (χ0n) is 10.1. The lowest BCUT2D eigenvalue weighted by Gasteiger charge is -2.05. The largest absolute Gasteiger partial charge is 0.466 e. The van der Waals surface area contributed by atoms with Gasteiger partial charge in [0, 0.05) is 12.6 Å². The standard InChI is InChI=1S/C12H15FN2O3/c1-2-18-12(17)6-5-11(16)15-8-10-9(13)4-3-7-14-10/h3-4,7H,2,5-6,8H2,1H3,(H,15,16). The molecular formula is C12H15FN2O3. The van der Waals surface area contributed by atoms with E-state index in [1.807, 2.05) is 0 Å². The van der Waals surface area contributed by atoms with Gasteiger partial charge in [-0.25, -0.2) is 4.39 Å². The predicted molar refractivity (Wildman–Crippen MR) is 61.9 cm³/mol. The summed E-state index contributed by atoms with van der Waals surface area (Å²) in [5.41, 5.74) is 0.169. The molecule has 98 valence electrons. The first-order valence-electron chi connectivity index (χ1n) is 5.65. The molecule has 1 amide bonds. The van der Waals surface area contributed by atoms with Crippen LogP contribution in [0, 0.1) is 5.82 Å². The van der Waals surface area contributed by atoms with Gasteiger partial charge in [0.05, 0.1) is 25.3 Å². The quantitative estimate of drug-likeness (QED) is 0.774. The third kappa shape index (κ3) is 4.90. The summed E-state index contributed by atoms with van der Waals surface area (Å²) < 4.78 is 17.8. The van der Waals surface area contributed by atoms with E-state index in [1.54, 1.807) is 6.92 Å². The van der Waals surface area contributed by atoms with Crippen LogP contribution in [0.15, 0.2) is 18.3 Å². The fraction of sp³-hybridized carbons (Fsp3) is 0.417. The summed E-state index contributed by atoms with van der Waals surface area (Å²) in [6.07, 6.45) is 1.49. The van der Waals surface area contributed by atoms with E-state index in [4.69, 9.17) is 0 Å². The number of carbonyl (C=O) groups excluding carboxylic acids is 2. The Bertz CT molecular complexity index is 424. The van der Waals surface area contributed by atoms with E-state index in [9.17, 15) is 14.0 Å². The highest BCUT2D eigenvalue weighted by Crippen LogP contribution is 2.02. The number of ether oxygens (including phenoxy) is 1. The zero-order valence-corrected chi connectivity index (χ0v) is 10.1. The number of pyridine rings is 1. The Morgan fingerprint density at radius 1 is 1.44 bits per heavy atom. The number of aromatic nitrogens is 1. The molecule has 0 aliphatic heterocycles. The second kappa shape index (κ2) is 7.37. The van der Waals surface area contributed by atoms with Crippen molar-refractivity contribution in [1.29, 1.82) is 0 Å². The minimum absolute atomic E-state index is 0.00827. The third-order valence-corrected chi connectivity index (χ3v) is 2.15. The van der Waals surface area contributed by atoms with Gasteiger partial charge in [-0.1, -0.05) is 0 Å². The van der Waals surface area contributed by atoms with Gasteiger partial charge in [0.2, 0.25) is 5.91 Å². The van der Waals surface area contributed by atoms with Crippen LogP contribution in [-0.4, -0.2) is 23.5 Å².